The lowest BCUT2D eigenvalue weighted by Crippen LogP contribution is -2.55. The number of carbonyl (C=O) groups excluding carboxylic acids is 3. The fourth-order valence-corrected chi connectivity index (χ4v) is 14.7. The fourth-order valence-electron chi connectivity index (χ4n) is 14.3. The average Bonchev–Trinajstić information content (AvgIpc) is 1.60. The summed E-state index contributed by atoms with van der Waals surface area (Å²) >= 11 is 12.0. The molecule has 5 aromatic rings. The number of alkyl halides is 6. The first-order valence-electron chi connectivity index (χ1n) is 42.5. The highest BCUT2D eigenvalue weighted by Gasteiger charge is 2.54. The summed E-state index contributed by atoms with van der Waals surface area (Å²) in [6.07, 6.45) is 6.10. The summed E-state index contributed by atoms with van der Waals surface area (Å²) in [6.45, 7) is 11.1. The maximum atomic E-state index is 13.7. The molecule has 46 heteroatoms. The monoisotopic (exact) mass is 1820 g/mol. The van der Waals surface area contributed by atoms with Gasteiger partial charge in [0, 0.05) is 37.6 Å². The van der Waals surface area contributed by atoms with Gasteiger partial charge in [-0.25, -0.2) is 29.3 Å². The molecule has 10 atom stereocenters. The van der Waals surface area contributed by atoms with Gasteiger partial charge in [0.25, 0.3) is 11.4 Å². The van der Waals surface area contributed by atoms with Crippen LogP contribution in [0.5, 0.6) is 0 Å². The van der Waals surface area contributed by atoms with Crippen molar-refractivity contribution in [3.05, 3.63) is 96.3 Å². The second-order valence-corrected chi connectivity index (χ2v) is 32.3. The van der Waals surface area contributed by atoms with E-state index in [0.717, 1.165) is 89.2 Å². The van der Waals surface area contributed by atoms with Gasteiger partial charge in [0.1, 0.15) is 82.2 Å². The van der Waals surface area contributed by atoms with Crippen molar-refractivity contribution >= 4 is 69.6 Å². The van der Waals surface area contributed by atoms with Crippen LogP contribution in [-0.4, -0.2) is 243 Å². The molecular weight excluding hydrogens is 1710 g/mol. The zero-order valence-corrected chi connectivity index (χ0v) is 72.6. The highest BCUT2D eigenvalue weighted by Crippen LogP contribution is 2.41. The molecule has 6 N–H and O–H groups in total. The van der Waals surface area contributed by atoms with Gasteiger partial charge < -0.3 is 93.5 Å². The summed E-state index contributed by atoms with van der Waals surface area (Å²) in [4.78, 5) is 75.1. The van der Waals surface area contributed by atoms with Gasteiger partial charge in [-0.05, 0) is 59.4 Å². The van der Waals surface area contributed by atoms with Crippen LogP contribution in [0.15, 0.2) is 42.7 Å². The second kappa shape index (κ2) is 50.6. The fraction of sp³-hybridized carbons (Fsp3) is 0.734. The number of amides is 3. The Balaban J connectivity index is 0.751. The van der Waals surface area contributed by atoms with E-state index in [1.165, 1.54) is 43.9 Å². The molecule has 4 aliphatic heterocycles. The number of non-ortho nitro benzene ring substituents is 1. The van der Waals surface area contributed by atoms with Crippen molar-refractivity contribution in [1.29, 1.82) is 0 Å². The van der Waals surface area contributed by atoms with Crippen LogP contribution in [0, 0.1) is 20.2 Å². The Morgan fingerprint density at radius 1 is 0.552 bits per heavy atom. The number of carbonyl (C=O) groups is 3. The molecule has 1 aromatic carbocycles. The lowest BCUT2D eigenvalue weighted by atomic mass is 9.98. The summed E-state index contributed by atoms with van der Waals surface area (Å²) in [5.41, 5.74) is 0.0602. The number of nitrogens with zero attached hydrogens (tertiary/aromatic N) is 12. The molecule has 125 heavy (non-hydrogen) atoms. The quantitative estimate of drug-likeness (QED) is 0.00692. The van der Waals surface area contributed by atoms with E-state index >= 15 is 0 Å². The first-order chi connectivity index (χ1) is 59.8. The highest BCUT2D eigenvalue weighted by atomic mass is 35.5. The van der Waals surface area contributed by atoms with Gasteiger partial charge in [0.15, 0.2) is 24.0 Å². The molecule has 0 saturated carbocycles. The van der Waals surface area contributed by atoms with Gasteiger partial charge >= 0.3 is 12.4 Å². The van der Waals surface area contributed by atoms with E-state index in [9.17, 15) is 61.0 Å². The van der Waals surface area contributed by atoms with Crippen LogP contribution < -0.4 is 31.9 Å². The highest BCUT2D eigenvalue weighted by molar-refractivity contribution is 6.29. The number of nitro benzene ring substituents is 2. The number of unbranched alkanes of at least 4 members (excludes halogenated alkanes) is 14. The molecule has 0 radical (unpaired) electrons. The van der Waals surface area contributed by atoms with Gasteiger partial charge in [0.2, 0.25) is 29.4 Å². The smallest absolute Gasteiger partial charge is 0.379 e. The maximum absolute atomic E-state index is 13.7. The number of nitrogens with one attached hydrogen (secondary N) is 6. The number of hydrogen-bond acceptors (Lipinski definition) is 31. The van der Waals surface area contributed by atoms with Crippen LogP contribution >= 0.6 is 23.2 Å². The number of benzene rings is 1. The molecule has 8 heterocycles. The van der Waals surface area contributed by atoms with E-state index in [0.29, 0.717) is 24.2 Å². The molecule has 2 unspecified atom stereocenters. The molecule has 4 aromatic heterocycles. The molecular formula is C79H116Cl2F6N18O20. The SMILES string of the molecule is CCCCCCCCCCC(OC[C@H]1OC[C@H](Nc2cc(Cl)nc(C(F)(F)F)n2)[C@H]2OC(C)(C)O[C@H]21)n1cc(CNC(=O)CCOCC(COCCC(=O)NCc2cn(C(CCCCCCCCCC)OC[C@H]3OC[C@H](Nc4cc(Cl)nc(C(F)(F)F)n4)[C@H]4OC(C)(C)O[C@H]43)nn2)NC(=O)COCCOCCOCCNc2ccc([N+](=O)[O-])cc2[N+](=O)[O-])nn1. The van der Waals surface area contributed by atoms with E-state index in [-0.39, 0.29) is 136 Å². The van der Waals surface area contributed by atoms with Crippen molar-refractivity contribution in [1.82, 2.24) is 65.9 Å². The van der Waals surface area contributed by atoms with Crippen molar-refractivity contribution in [3.8, 4) is 0 Å². The molecule has 4 saturated heterocycles. The number of aromatic nitrogens is 10. The Kier molecular flexibility index (Phi) is 40.8. The largest absolute Gasteiger partial charge is 0.451 e. The lowest BCUT2D eigenvalue weighted by Gasteiger charge is -2.38. The summed E-state index contributed by atoms with van der Waals surface area (Å²) in [7, 11) is 0. The van der Waals surface area contributed by atoms with E-state index in [2.05, 4.69) is 86.3 Å². The van der Waals surface area contributed by atoms with E-state index in [1.54, 1.807) is 49.5 Å². The van der Waals surface area contributed by atoms with Crippen LogP contribution in [0.25, 0.3) is 0 Å². The lowest BCUT2D eigenvalue weighted by molar-refractivity contribution is -0.393. The summed E-state index contributed by atoms with van der Waals surface area (Å²) in [6, 6.07) is 3.43. The summed E-state index contributed by atoms with van der Waals surface area (Å²) in [5.74, 6) is -6.67. The zero-order chi connectivity index (χ0) is 89.9. The van der Waals surface area contributed by atoms with Crippen LogP contribution in [0.2, 0.25) is 10.3 Å². The zero-order valence-electron chi connectivity index (χ0n) is 71.1. The first-order valence-corrected chi connectivity index (χ1v) is 43.2. The Morgan fingerprint density at radius 3 is 1.42 bits per heavy atom. The first kappa shape index (κ1) is 101. The van der Waals surface area contributed by atoms with Crippen LogP contribution in [0.3, 0.4) is 0 Å². The Bertz CT molecular complexity index is 3950. The Labute approximate surface area is 730 Å². The maximum Gasteiger partial charge on any atom is 0.451 e. The van der Waals surface area contributed by atoms with E-state index in [4.69, 9.17) is 84.8 Å². The van der Waals surface area contributed by atoms with Gasteiger partial charge in [0.05, 0.1) is 145 Å². The number of halogens is 8. The molecule has 3 amide bonds. The molecule has 4 aliphatic rings. The molecule has 0 bridgehead atoms. The average molecular weight is 1820 g/mol. The van der Waals surface area contributed by atoms with Crippen LogP contribution in [-0.2, 0) is 101 Å². The van der Waals surface area contributed by atoms with Crippen molar-refractivity contribution in [2.45, 2.75) is 274 Å². The standard InChI is InChI=1S/C79H116Cl2F6N18O20/c1-7-9-11-13-15-17-19-21-23-68(120-48-59-72-70(122-76(3,4)124-72)56(46-118-59)92-63-38-61(80)94-74(96-63)78(82,83)84)102-42-51(98-100-102)40-89-65(106)27-30-115-44-53(91-67(108)50-117-36-35-114-34-33-113-32-29-88-55-26-25-54(104(109)110)37-58(55)105(111)112)45-116-31-28-66(107)90-41-52-43-103(101-99-52)69(24-22-20-18-16-14-12-10-8-2)121-49-60-73-71(123-77(5,6)125-73)57(47-119-60)93-64-39-62(81)95-75(97-64)79(85,86)87/h25-26,37-39,42-43,53,56-57,59-60,68-73,88H,7-24,27-36,40-41,44-50H2,1-6H3,(H,89,106)(H,90,107)(H,91,108)(H,92,94,96)(H,93,95,97)/t53?,56-,57-,59+,60+,68?,69?,70+,71+,72-,73-/m0/s1. The van der Waals surface area contributed by atoms with Crippen molar-refractivity contribution in [2.75, 3.05) is 115 Å². The number of fused-ring (bicyclic) bond motifs is 2. The number of anilines is 3. The molecule has 0 spiro atoms. The van der Waals surface area contributed by atoms with Crippen molar-refractivity contribution in [2.24, 2.45) is 0 Å². The summed E-state index contributed by atoms with van der Waals surface area (Å²) < 4.78 is 165. The third kappa shape index (κ3) is 34.5. The minimum absolute atomic E-state index is 0.00695. The Morgan fingerprint density at radius 2 is 0.984 bits per heavy atom. The number of hydrogen-bond donors (Lipinski definition) is 6. The number of nitro groups is 2. The topological polar surface area (TPSA) is 443 Å². The van der Waals surface area contributed by atoms with Crippen molar-refractivity contribution < 1.29 is 112 Å². The predicted octanol–water partition coefficient (Wildman–Crippen LogP) is 11.9. The Hall–Kier alpha value is -8.09. The van der Waals surface area contributed by atoms with Crippen LogP contribution in [0.1, 0.15) is 205 Å². The molecule has 0 aliphatic carbocycles. The van der Waals surface area contributed by atoms with Crippen LogP contribution in [0.4, 0.5) is 55.0 Å². The molecule has 38 nitrogen and oxygen atoms in total. The minimum atomic E-state index is -4.85. The van der Waals surface area contributed by atoms with Gasteiger partial charge in [-0.15, -0.1) is 10.2 Å². The van der Waals surface area contributed by atoms with E-state index < -0.39 is 159 Å². The number of ether oxygens (including phenoxy) is 13. The molecule has 4 fully saturated rings. The number of rotatable bonds is 59. The minimum Gasteiger partial charge on any atom is -0.379 e. The molecule has 9 rings (SSSR count). The third-order valence-electron chi connectivity index (χ3n) is 20.4. The normalized spacial score (nSPS) is 20.5. The third-order valence-corrected chi connectivity index (χ3v) is 20.8. The van der Waals surface area contributed by atoms with Gasteiger partial charge in [-0.2, -0.15) is 26.3 Å². The van der Waals surface area contributed by atoms with Crippen molar-refractivity contribution in [3.63, 3.8) is 0 Å². The van der Waals surface area contributed by atoms with Gasteiger partial charge in [-0.3, -0.25) is 34.6 Å². The molecule has 698 valence electrons. The van der Waals surface area contributed by atoms with E-state index in [1.807, 2.05) is 0 Å². The predicted molar refractivity (Wildman–Crippen MR) is 438 cm³/mol. The summed E-state index contributed by atoms with van der Waals surface area (Å²) in [5, 5.41) is 56.5. The second-order valence-electron chi connectivity index (χ2n) is 31.5. The van der Waals surface area contributed by atoms with Gasteiger partial charge in [-0.1, -0.05) is 137 Å².